The quantitative estimate of drug-likeness (QED) is 0.567. The lowest BCUT2D eigenvalue weighted by Gasteiger charge is -2.60. The van der Waals surface area contributed by atoms with Gasteiger partial charge in [-0.05, 0) is 94.5 Å². The van der Waals surface area contributed by atoms with Crippen molar-refractivity contribution in [1.82, 2.24) is 10.2 Å². The summed E-state index contributed by atoms with van der Waals surface area (Å²) in [5.74, 6) is 2.08. The Hall–Kier alpha value is -0.0900. The first kappa shape index (κ1) is 19.8. The van der Waals surface area contributed by atoms with E-state index >= 15 is 0 Å². The number of carbonyl (C=O) groups is 1. The standard InChI is InChI=1S/C24H39BrN2O/c25-23-14-19-11-20(15-23)13-22(12-19,17-23)16-21(28)26-18-24(7-3-1-4-8-24)27-9-5-2-6-10-27/h19-20H,1-18H2,(H,26,28)/t19-,20+,22?,23?. The Morgan fingerprint density at radius 1 is 0.929 bits per heavy atom. The van der Waals surface area contributed by atoms with Crippen LogP contribution in [0.25, 0.3) is 0 Å². The van der Waals surface area contributed by atoms with Crippen LogP contribution < -0.4 is 5.32 Å². The van der Waals surface area contributed by atoms with Crippen molar-refractivity contribution >= 4 is 21.8 Å². The van der Waals surface area contributed by atoms with Gasteiger partial charge in [0.15, 0.2) is 0 Å². The Bertz CT molecular complexity index is 579. The molecule has 2 unspecified atom stereocenters. The molecule has 158 valence electrons. The molecular formula is C24H39BrN2O. The molecule has 28 heavy (non-hydrogen) atoms. The molecule has 6 fully saturated rings. The Balaban J connectivity index is 1.23. The van der Waals surface area contributed by atoms with Crippen molar-refractivity contribution in [3.05, 3.63) is 0 Å². The first-order chi connectivity index (χ1) is 13.5. The maximum absolute atomic E-state index is 13.2. The van der Waals surface area contributed by atoms with E-state index in [9.17, 15) is 4.79 Å². The zero-order valence-corrected chi connectivity index (χ0v) is 19.2. The minimum absolute atomic E-state index is 0.256. The van der Waals surface area contributed by atoms with Crippen LogP contribution in [0.1, 0.15) is 96.3 Å². The topological polar surface area (TPSA) is 32.3 Å². The number of likely N-dealkylation sites (tertiary alicyclic amines) is 1. The molecule has 0 spiro atoms. The number of rotatable bonds is 5. The second-order valence-electron chi connectivity index (χ2n) is 11.4. The first-order valence-electron chi connectivity index (χ1n) is 12.2. The predicted octanol–water partition coefficient (Wildman–Crippen LogP) is 5.42. The van der Waals surface area contributed by atoms with Crippen LogP contribution in [-0.2, 0) is 4.79 Å². The van der Waals surface area contributed by atoms with Crippen LogP contribution in [0.4, 0.5) is 0 Å². The predicted molar refractivity (Wildman–Crippen MR) is 118 cm³/mol. The van der Waals surface area contributed by atoms with Crippen molar-refractivity contribution < 1.29 is 4.79 Å². The highest BCUT2D eigenvalue weighted by molar-refractivity contribution is 9.10. The van der Waals surface area contributed by atoms with E-state index in [4.69, 9.17) is 0 Å². The lowest BCUT2D eigenvalue weighted by molar-refractivity contribution is -0.129. The summed E-state index contributed by atoms with van der Waals surface area (Å²) in [7, 11) is 0. The van der Waals surface area contributed by atoms with Gasteiger partial charge in [0.05, 0.1) is 0 Å². The molecular weight excluding hydrogens is 412 g/mol. The lowest BCUT2D eigenvalue weighted by Crippen LogP contribution is -2.59. The highest BCUT2D eigenvalue weighted by atomic mass is 79.9. The fourth-order valence-electron chi connectivity index (χ4n) is 8.39. The largest absolute Gasteiger partial charge is 0.354 e. The summed E-state index contributed by atoms with van der Waals surface area (Å²) in [5, 5.41) is 3.48. The Morgan fingerprint density at radius 2 is 1.57 bits per heavy atom. The van der Waals surface area contributed by atoms with E-state index in [2.05, 4.69) is 26.1 Å². The van der Waals surface area contributed by atoms with Gasteiger partial charge in [-0.15, -0.1) is 0 Å². The summed E-state index contributed by atoms with van der Waals surface area (Å²) in [6, 6.07) is 0. The molecule has 1 N–H and O–H groups in total. The molecule has 0 radical (unpaired) electrons. The maximum atomic E-state index is 13.2. The number of carbonyl (C=O) groups excluding carboxylic acids is 1. The number of hydrogen-bond acceptors (Lipinski definition) is 2. The number of hydrogen-bond donors (Lipinski definition) is 1. The normalized spacial score (nSPS) is 42.5. The lowest BCUT2D eigenvalue weighted by atomic mass is 9.48. The smallest absolute Gasteiger partial charge is 0.220 e. The van der Waals surface area contributed by atoms with Crippen molar-refractivity contribution in [2.45, 2.75) is 106 Å². The number of halogens is 1. The van der Waals surface area contributed by atoms with E-state index in [1.807, 2.05) is 0 Å². The van der Waals surface area contributed by atoms with Crippen LogP contribution in [0.15, 0.2) is 0 Å². The minimum Gasteiger partial charge on any atom is -0.354 e. The highest BCUT2D eigenvalue weighted by Crippen LogP contribution is 2.65. The first-order valence-corrected chi connectivity index (χ1v) is 13.0. The van der Waals surface area contributed by atoms with Gasteiger partial charge in [0, 0.05) is 22.8 Å². The molecule has 6 rings (SSSR count). The number of amides is 1. The average Bonchev–Trinajstić information content (AvgIpc) is 2.65. The van der Waals surface area contributed by atoms with Crippen molar-refractivity contribution in [1.29, 1.82) is 0 Å². The van der Waals surface area contributed by atoms with Crippen LogP contribution in [0.3, 0.4) is 0 Å². The summed E-state index contributed by atoms with van der Waals surface area (Å²) < 4.78 is 0.357. The molecule has 0 aromatic heterocycles. The summed E-state index contributed by atoms with van der Waals surface area (Å²) in [6.45, 7) is 3.39. The van der Waals surface area contributed by atoms with Gasteiger partial charge >= 0.3 is 0 Å². The molecule has 0 aromatic carbocycles. The van der Waals surface area contributed by atoms with Crippen molar-refractivity contribution in [3.8, 4) is 0 Å². The van der Waals surface area contributed by atoms with Gasteiger partial charge < -0.3 is 5.32 Å². The zero-order valence-electron chi connectivity index (χ0n) is 17.6. The van der Waals surface area contributed by atoms with Crippen LogP contribution >= 0.6 is 15.9 Å². The molecule has 1 heterocycles. The second-order valence-corrected chi connectivity index (χ2v) is 13.1. The van der Waals surface area contributed by atoms with Gasteiger partial charge in [-0.2, -0.15) is 0 Å². The van der Waals surface area contributed by atoms with Gasteiger partial charge in [0.1, 0.15) is 0 Å². The highest BCUT2D eigenvalue weighted by Gasteiger charge is 2.57. The Labute approximate surface area is 179 Å². The molecule has 6 aliphatic rings. The fourth-order valence-corrected chi connectivity index (χ4v) is 9.90. The summed E-state index contributed by atoms with van der Waals surface area (Å²) in [6.07, 6.45) is 19.5. The molecule has 5 saturated carbocycles. The fraction of sp³-hybridized carbons (Fsp3) is 0.958. The molecule has 4 atom stereocenters. The Kier molecular flexibility index (Phi) is 5.35. The van der Waals surface area contributed by atoms with E-state index in [1.165, 1.54) is 103 Å². The van der Waals surface area contributed by atoms with E-state index in [-0.39, 0.29) is 5.54 Å². The third kappa shape index (κ3) is 3.82. The van der Waals surface area contributed by atoms with Crippen LogP contribution in [0.5, 0.6) is 0 Å². The zero-order chi connectivity index (χ0) is 19.2. The van der Waals surface area contributed by atoms with Gasteiger partial charge in [-0.3, -0.25) is 9.69 Å². The number of piperidine rings is 1. The third-order valence-electron chi connectivity index (χ3n) is 9.07. The van der Waals surface area contributed by atoms with E-state index < -0.39 is 0 Å². The molecule has 3 nitrogen and oxygen atoms in total. The second kappa shape index (κ2) is 7.55. The molecule has 5 aliphatic carbocycles. The van der Waals surface area contributed by atoms with Gasteiger partial charge in [0.2, 0.25) is 5.91 Å². The number of alkyl halides is 1. The van der Waals surface area contributed by atoms with Gasteiger partial charge in [-0.25, -0.2) is 0 Å². The monoisotopic (exact) mass is 450 g/mol. The number of nitrogens with zero attached hydrogens (tertiary/aromatic N) is 1. The van der Waals surface area contributed by atoms with Crippen molar-refractivity contribution in [3.63, 3.8) is 0 Å². The molecule has 0 aromatic rings. The molecule has 4 bridgehead atoms. The van der Waals surface area contributed by atoms with Crippen LogP contribution in [-0.4, -0.2) is 40.3 Å². The molecule has 1 amide bonds. The summed E-state index contributed by atoms with van der Waals surface area (Å²) >= 11 is 4.11. The van der Waals surface area contributed by atoms with E-state index in [1.54, 1.807) is 0 Å². The third-order valence-corrected chi connectivity index (χ3v) is 10.0. The Morgan fingerprint density at radius 3 is 2.21 bits per heavy atom. The van der Waals surface area contributed by atoms with Crippen molar-refractivity contribution in [2.75, 3.05) is 19.6 Å². The molecule has 1 saturated heterocycles. The minimum atomic E-state index is 0.256. The van der Waals surface area contributed by atoms with Gasteiger partial charge in [-0.1, -0.05) is 41.6 Å². The van der Waals surface area contributed by atoms with Crippen LogP contribution in [0, 0.1) is 17.3 Å². The van der Waals surface area contributed by atoms with Crippen LogP contribution in [0.2, 0.25) is 0 Å². The maximum Gasteiger partial charge on any atom is 0.220 e. The SMILES string of the molecule is O=C(CC12C[C@@H]3C[C@@H](CC(Br)(C3)C1)C2)NCC1(N2CCCCC2)CCCCC1. The van der Waals surface area contributed by atoms with Crippen molar-refractivity contribution in [2.24, 2.45) is 17.3 Å². The van der Waals surface area contributed by atoms with E-state index in [0.29, 0.717) is 15.6 Å². The summed E-state index contributed by atoms with van der Waals surface area (Å²) in [4.78, 5) is 15.9. The molecule has 1 aliphatic heterocycles. The molecule has 4 heteroatoms. The summed E-state index contributed by atoms with van der Waals surface area (Å²) in [5.41, 5.74) is 0.551. The number of nitrogens with one attached hydrogen (secondary N) is 1. The van der Waals surface area contributed by atoms with Gasteiger partial charge in [0.25, 0.3) is 0 Å². The average molecular weight is 451 g/mol. The van der Waals surface area contributed by atoms with E-state index in [0.717, 1.165) is 24.8 Å².